The second-order valence-electron chi connectivity index (χ2n) is 4.42. The number of rotatable bonds is 4. The number of aliphatic imine (C=N–C) groups is 1. The van der Waals surface area contributed by atoms with Crippen molar-refractivity contribution in [3.63, 3.8) is 0 Å². The van der Waals surface area contributed by atoms with Crippen LogP contribution >= 0.6 is 0 Å². The summed E-state index contributed by atoms with van der Waals surface area (Å²) in [7, 11) is 0. The van der Waals surface area contributed by atoms with E-state index < -0.39 is 0 Å². The van der Waals surface area contributed by atoms with E-state index in [1.807, 2.05) is 24.3 Å². The van der Waals surface area contributed by atoms with E-state index in [0.29, 0.717) is 18.2 Å². The van der Waals surface area contributed by atoms with E-state index >= 15 is 0 Å². The van der Waals surface area contributed by atoms with Crippen LogP contribution in [-0.4, -0.2) is 18.5 Å². The fourth-order valence-electron chi connectivity index (χ4n) is 1.60. The van der Waals surface area contributed by atoms with E-state index in [4.69, 9.17) is 5.26 Å². The first-order valence-electron chi connectivity index (χ1n) is 6.35. The standard InChI is InChI=1S/C14H18N4/c1-2-16-14(18-13-7-8-13)17-10-12-5-3-11(9-15)4-6-12/h3-6,13H,2,7-8,10H2,1H3,(H2,16,17,18). The molecule has 1 saturated carbocycles. The number of guanidine groups is 1. The van der Waals surface area contributed by atoms with Gasteiger partial charge in [0.25, 0.3) is 0 Å². The van der Waals surface area contributed by atoms with Gasteiger partial charge in [-0.15, -0.1) is 0 Å². The minimum absolute atomic E-state index is 0.601. The van der Waals surface area contributed by atoms with E-state index in [0.717, 1.165) is 18.1 Å². The molecule has 1 aromatic carbocycles. The molecule has 94 valence electrons. The molecule has 0 heterocycles. The molecule has 0 aromatic heterocycles. The lowest BCUT2D eigenvalue weighted by Crippen LogP contribution is -2.38. The van der Waals surface area contributed by atoms with Crippen LogP contribution in [0.1, 0.15) is 30.9 Å². The number of nitrogens with one attached hydrogen (secondary N) is 2. The van der Waals surface area contributed by atoms with Gasteiger partial charge in [-0.2, -0.15) is 5.26 Å². The third kappa shape index (κ3) is 3.77. The molecule has 4 nitrogen and oxygen atoms in total. The molecule has 0 spiro atoms. The predicted octanol–water partition coefficient (Wildman–Crippen LogP) is 1.78. The second-order valence-corrected chi connectivity index (χ2v) is 4.42. The topological polar surface area (TPSA) is 60.2 Å². The third-order valence-corrected chi connectivity index (χ3v) is 2.77. The lowest BCUT2D eigenvalue weighted by Gasteiger charge is -2.10. The summed E-state index contributed by atoms with van der Waals surface area (Å²) in [6, 6.07) is 10.3. The molecule has 1 aliphatic carbocycles. The van der Waals surface area contributed by atoms with Gasteiger partial charge < -0.3 is 10.6 Å². The first kappa shape index (κ1) is 12.4. The highest BCUT2D eigenvalue weighted by Crippen LogP contribution is 2.18. The molecule has 18 heavy (non-hydrogen) atoms. The van der Waals surface area contributed by atoms with Crippen LogP contribution in [0.15, 0.2) is 29.3 Å². The van der Waals surface area contributed by atoms with Crippen LogP contribution in [0.3, 0.4) is 0 Å². The van der Waals surface area contributed by atoms with Crippen molar-refractivity contribution in [3.8, 4) is 6.07 Å². The molecule has 0 aliphatic heterocycles. The average molecular weight is 242 g/mol. The molecule has 1 fully saturated rings. The van der Waals surface area contributed by atoms with Gasteiger partial charge in [-0.3, -0.25) is 0 Å². The number of hydrogen-bond donors (Lipinski definition) is 2. The molecule has 4 heteroatoms. The van der Waals surface area contributed by atoms with E-state index in [2.05, 4.69) is 28.6 Å². The Kier molecular flexibility index (Phi) is 4.19. The van der Waals surface area contributed by atoms with Crippen LogP contribution < -0.4 is 10.6 Å². The van der Waals surface area contributed by atoms with E-state index in [1.165, 1.54) is 12.8 Å². The van der Waals surface area contributed by atoms with Gasteiger partial charge in [0.05, 0.1) is 18.2 Å². The fraction of sp³-hybridized carbons (Fsp3) is 0.429. The molecule has 0 saturated heterocycles. The minimum atomic E-state index is 0.601. The fourth-order valence-corrected chi connectivity index (χ4v) is 1.60. The average Bonchev–Trinajstić information content (AvgIpc) is 3.21. The molecule has 0 unspecified atom stereocenters. The van der Waals surface area contributed by atoms with Gasteiger partial charge in [0.2, 0.25) is 0 Å². The SMILES string of the molecule is CCNC(=NCc1ccc(C#N)cc1)NC1CC1. The van der Waals surface area contributed by atoms with E-state index in [-0.39, 0.29) is 0 Å². The monoisotopic (exact) mass is 242 g/mol. The molecule has 1 aromatic rings. The Bertz CT molecular complexity index is 452. The number of nitrogens with zero attached hydrogens (tertiary/aromatic N) is 2. The Labute approximate surface area is 108 Å². The van der Waals surface area contributed by atoms with Crippen molar-refractivity contribution in [1.29, 1.82) is 5.26 Å². The lowest BCUT2D eigenvalue weighted by molar-refractivity contribution is 0.812. The van der Waals surface area contributed by atoms with Gasteiger partial charge in [0.15, 0.2) is 5.96 Å². The summed E-state index contributed by atoms with van der Waals surface area (Å²) in [5, 5.41) is 15.3. The van der Waals surface area contributed by atoms with Crippen molar-refractivity contribution in [2.75, 3.05) is 6.54 Å². The molecule has 2 N–H and O–H groups in total. The molecule has 2 rings (SSSR count). The molecular formula is C14H18N4. The lowest BCUT2D eigenvalue weighted by atomic mass is 10.1. The summed E-state index contributed by atoms with van der Waals surface area (Å²) >= 11 is 0. The van der Waals surface area contributed by atoms with Crippen molar-refractivity contribution in [1.82, 2.24) is 10.6 Å². The maximum absolute atomic E-state index is 8.73. The smallest absolute Gasteiger partial charge is 0.191 e. The van der Waals surface area contributed by atoms with Crippen LogP contribution in [0.4, 0.5) is 0 Å². The largest absolute Gasteiger partial charge is 0.357 e. The van der Waals surface area contributed by atoms with Gasteiger partial charge in [-0.1, -0.05) is 12.1 Å². The highest BCUT2D eigenvalue weighted by atomic mass is 15.2. The van der Waals surface area contributed by atoms with Gasteiger partial charge in [-0.25, -0.2) is 4.99 Å². The van der Waals surface area contributed by atoms with Crippen molar-refractivity contribution >= 4 is 5.96 Å². The van der Waals surface area contributed by atoms with Gasteiger partial charge >= 0.3 is 0 Å². The Morgan fingerprint density at radius 1 is 1.39 bits per heavy atom. The predicted molar refractivity (Wildman–Crippen MR) is 72.1 cm³/mol. The molecule has 0 bridgehead atoms. The number of benzene rings is 1. The second kappa shape index (κ2) is 6.06. The first-order chi connectivity index (χ1) is 8.81. The molecule has 0 atom stereocenters. The molecule has 1 aliphatic rings. The highest BCUT2D eigenvalue weighted by molar-refractivity contribution is 5.80. The summed E-state index contributed by atoms with van der Waals surface area (Å²) in [6.07, 6.45) is 2.47. The summed E-state index contributed by atoms with van der Waals surface area (Å²) in [6.45, 7) is 3.56. The van der Waals surface area contributed by atoms with Crippen molar-refractivity contribution in [2.45, 2.75) is 32.4 Å². The van der Waals surface area contributed by atoms with Gasteiger partial charge in [0.1, 0.15) is 0 Å². The first-order valence-corrected chi connectivity index (χ1v) is 6.35. The van der Waals surface area contributed by atoms with Crippen molar-refractivity contribution < 1.29 is 0 Å². The van der Waals surface area contributed by atoms with Crippen LogP contribution in [-0.2, 0) is 6.54 Å². The summed E-state index contributed by atoms with van der Waals surface area (Å²) < 4.78 is 0. The zero-order chi connectivity index (χ0) is 12.8. The number of nitriles is 1. The Balaban J connectivity index is 1.94. The van der Waals surface area contributed by atoms with Crippen LogP contribution in [0, 0.1) is 11.3 Å². The summed E-state index contributed by atoms with van der Waals surface area (Å²) in [5.74, 6) is 0.879. The van der Waals surface area contributed by atoms with Crippen molar-refractivity contribution in [2.24, 2.45) is 4.99 Å². The van der Waals surface area contributed by atoms with E-state index in [9.17, 15) is 0 Å². The minimum Gasteiger partial charge on any atom is -0.357 e. The third-order valence-electron chi connectivity index (χ3n) is 2.77. The maximum Gasteiger partial charge on any atom is 0.191 e. The zero-order valence-electron chi connectivity index (χ0n) is 10.6. The molecular weight excluding hydrogens is 224 g/mol. The van der Waals surface area contributed by atoms with Crippen molar-refractivity contribution in [3.05, 3.63) is 35.4 Å². The summed E-state index contributed by atoms with van der Waals surface area (Å²) in [5.41, 5.74) is 1.80. The summed E-state index contributed by atoms with van der Waals surface area (Å²) in [4.78, 5) is 4.53. The van der Waals surface area contributed by atoms with E-state index in [1.54, 1.807) is 0 Å². The normalized spacial score (nSPS) is 15.0. The molecule has 0 amide bonds. The Hall–Kier alpha value is -2.02. The van der Waals surface area contributed by atoms with Gasteiger partial charge in [0, 0.05) is 12.6 Å². The highest BCUT2D eigenvalue weighted by Gasteiger charge is 2.21. The Morgan fingerprint density at radius 2 is 2.11 bits per heavy atom. The zero-order valence-corrected chi connectivity index (χ0v) is 10.6. The van der Waals surface area contributed by atoms with Crippen LogP contribution in [0.5, 0.6) is 0 Å². The Morgan fingerprint density at radius 3 is 2.67 bits per heavy atom. The maximum atomic E-state index is 8.73. The van der Waals surface area contributed by atoms with Crippen LogP contribution in [0.25, 0.3) is 0 Å². The van der Waals surface area contributed by atoms with Crippen LogP contribution in [0.2, 0.25) is 0 Å². The molecule has 0 radical (unpaired) electrons. The quantitative estimate of drug-likeness (QED) is 0.625. The number of hydrogen-bond acceptors (Lipinski definition) is 2. The van der Waals surface area contributed by atoms with Gasteiger partial charge in [-0.05, 0) is 37.5 Å².